The van der Waals surface area contributed by atoms with Gasteiger partial charge in [0, 0.05) is 25.0 Å². The Balaban J connectivity index is 2.05. The average Bonchev–Trinajstić information content (AvgIpc) is 2.88. The summed E-state index contributed by atoms with van der Waals surface area (Å²) in [7, 11) is 1.87. The largest absolute Gasteiger partial charge is 0.330 e. The summed E-state index contributed by atoms with van der Waals surface area (Å²) in [6, 6.07) is 4.45. The predicted molar refractivity (Wildman–Crippen MR) is 65.5 cm³/mol. The molecule has 1 aliphatic heterocycles. The maximum Gasteiger partial charge on any atom is 0.320 e. The summed E-state index contributed by atoms with van der Waals surface area (Å²) in [5, 5.41) is 2.05. The third-order valence-electron chi connectivity index (χ3n) is 2.94. The lowest BCUT2D eigenvalue weighted by molar-refractivity contribution is 0.195. The zero-order valence-electron chi connectivity index (χ0n) is 9.43. The van der Waals surface area contributed by atoms with Gasteiger partial charge in [0.15, 0.2) is 0 Å². The van der Waals surface area contributed by atoms with E-state index in [-0.39, 0.29) is 12.1 Å². The van der Waals surface area contributed by atoms with E-state index in [9.17, 15) is 4.79 Å². The highest BCUT2D eigenvalue weighted by atomic mass is 32.1. The first kappa shape index (κ1) is 11.4. The lowest BCUT2D eigenvalue weighted by Gasteiger charge is -2.16. The maximum absolute atomic E-state index is 11.9. The molecule has 2 rings (SSSR count). The number of urea groups is 1. The third kappa shape index (κ3) is 2.05. The van der Waals surface area contributed by atoms with Crippen LogP contribution in [-0.4, -0.2) is 42.5 Å². The average molecular weight is 239 g/mol. The van der Waals surface area contributed by atoms with Crippen LogP contribution in [0.1, 0.15) is 17.3 Å². The second kappa shape index (κ2) is 4.84. The molecule has 1 aliphatic rings. The molecule has 16 heavy (non-hydrogen) atoms. The molecule has 0 radical (unpaired) electrons. The quantitative estimate of drug-likeness (QED) is 0.865. The van der Waals surface area contributed by atoms with Crippen molar-refractivity contribution in [1.82, 2.24) is 9.80 Å². The van der Waals surface area contributed by atoms with E-state index in [1.54, 1.807) is 11.3 Å². The van der Waals surface area contributed by atoms with Gasteiger partial charge in [0.25, 0.3) is 0 Å². The minimum Gasteiger partial charge on any atom is -0.330 e. The molecule has 88 valence electrons. The summed E-state index contributed by atoms with van der Waals surface area (Å²) < 4.78 is 0. The SMILES string of the molecule is CN1C(=O)N(CCCN)CC1c1cccs1. The number of carbonyl (C=O) groups excluding carboxylic acids is 1. The molecule has 1 aromatic heterocycles. The molecule has 1 aromatic rings. The molecule has 1 atom stereocenters. The third-order valence-corrected chi connectivity index (χ3v) is 3.91. The monoisotopic (exact) mass is 239 g/mol. The number of hydrogen-bond acceptors (Lipinski definition) is 3. The molecular formula is C11H17N3OS. The lowest BCUT2D eigenvalue weighted by Crippen LogP contribution is -2.31. The van der Waals surface area contributed by atoms with Crippen LogP contribution in [0.4, 0.5) is 4.79 Å². The summed E-state index contributed by atoms with van der Waals surface area (Å²) in [6.45, 7) is 2.19. The number of thiophene rings is 1. The molecule has 2 N–H and O–H groups in total. The van der Waals surface area contributed by atoms with E-state index in [1.807, 2.05) is 22.9 Å². The Bertz CT molecular complexity index is 352. The van der Waals surface area contributed by atoms with Crippen molar-refractivity contribution >= 4 is 17.4 Å². The molecule has 5 heteroatoms. The van der Waals surface area contributed by atoms with E-state index in [2.05, 4.69) is 11.4 Å². The molecule has 1 fully saturated rings. The van der Waals surface area contributed by atoms with Crippen LogP contribution in [0.2, 0.25) is 0 Å². The van der Waals surface area contributed by atoms with Crippen LogP contribution in [0.15, 0.2) is 17.5 Å². The molecule has 0 aromatic carbocycles. The van der Waals surface area contributed by atoms with Gasteiger partial charge >= 0.3 is 6.03 Å². The van der Waals surface area contributed by atoms with Crippen molar-refractivity contribution < 1.29 is 4.79 Å². The maximum atomic E-state index is 11.9. The van der Waals surface area contributed by atoms with Crippen LogP contribution in [0, 0.1) is 0 Å². The predicted octanol–water partition coefficient (Wildman–Crippen LogP) is 1.51. The molecule has 2 heterocycles. The minimum absolute atomic E-state index is 0.117. The smallest absolute Gasteiger partial charge is 0.320 e. The first-order chi connectivity index (χ1) is 7.74. The number of rotatable bonds is 4. The first-order valence-corrected chi connectivity index (χ1v) is 6.37. The van der Waals surface area contributed by atoms with Gasteiger partial charge in [0.05, 0.1) is 6.04 Å². The van der Waals surface area contributed by atoms with Crippen LogP contribution in [0.3, 0.4) is 0 Å². The Labute approximate surface area is 99.6 Å². The van der Waals surface area contributed by atoms with Crippen molar-refractivity contribution in [2.45, 2.75) is 12.5 Å². The Hall–Kier alpha value is -1.07. The van der Waals surface area contributed by atoms with Crippen LogP contribution in [0.25, 0.3) is 0 Å². The molecule has 2 amide bonds. The van der Waals surface area contributed by atoms with Crippen LogP contribution >= 0.6 is 11.3 Å². The van der Waals surface area contributed by atoms with Gasteiger partial charge in [0.1, 0.15) is 0 Å². The fourth-order valence-corrected chi connectivity index (χ4v) is 2.86. The Morgan fingerprint density at radius 2 is 2.44 bits per heavy atom. The van der Waals surface area contributed by atoms with E-state index in [1.165, 1.54) is 4.88 Å². The van der Waals surface area contributed by atoms with Crippen molar-refractivity contribution in [2.24, 2.45) is 5.73 Å². The topological polar surface area (TPSA) is 49.6 Å². The van der Waals surface area contributed by atoms with Gasteiger partial charge < -0.3 is 15.5 Å². The fourth-order valence-electron chi connectivity index (χ4n) is 2.00. The molecule has 0 aliphatic carbocycles. The van der Waals surface area contributed by atoms with Crippen molar-refractivity contribution in [3.63, 3.8) is 0 Å². The highest BCUT2D eigenvalue weighted by Gasteiger charge is 2.35. The number of hydrogen-bond donors (Lipinski definition) is 1. The van der Waals surface area contributed by atoms with Gasteiger partial charge in [-0.1, -0.05) is 6.07 Å². The van der Waals surface area contributed by atoms with Crippen molar-refractivity contribution in [3.05, 3.63) is 22.4 Å². The van der Waals surface area contributed by atoms with Crippen LogP contribution < -0.4 is 5.73 Å². The summed E-state index contributed by atoms with van der Waals surface area (Å²) in [4.78, 5) is 16.9. The van der Waals surface area contributed by atoms with E-state index in [0.717, 1.165) is 19.5 Å². The zero-order valence-corrected chi connectivity index (χ0v) is 10.2. The first-order valence-electron chi connectivity index (χ1n) is 5.49. The standard InChI is InChI=1S/C11H17N3OS/c1-13-9(10-4-2-7-16-10)8-14(11(13)15)6-3-5-12/h2,4,7,9H,3,5-6,8,12H2,1H3. The molecule has 1 unspecified atom stereocenters. The van der Waals surface area contributed by atoms with Gasteiger partial charge in [-0.05, 0) is 24.4 Å². The number of nitrogens with two attached hydrogens (primary N) is 1. The van der Waals surface area contributed by atoms with Crippen molar-refractivity contribution in [1.29, 1.82) is 0 Å². The number of likely N-dealkylation sites (N-methyl/N-ethyl adjacent to an activating group) is 1. The molecular weight excluding hydrogens is 222 g/mol. The molecule has 4 nitrogen and oxygen atoms in total. The summed E-state index contributed by atoms with van der Waals surface area (Å²) in [5.41, 5.74) is 5.47. The van der Waals surface area contributed by atoms with Gasteiger partial charge in [-0.3, -0.25) is 0 Å². The van der Waals surface area contributed by atoms with E-state index in [0.29, 0.717) is 6.54 Å². The van der Waals surface area contributed by atoms with Gasteiger partial charge in [-0.2, -0.15) is 0 Å². The van der Waals surface area contributed by atoms with Crippen LogP contribution in [0.5, 0.6) is 0 Å². The normalized spacial score (nSPS) is 20.9. The van der Waals surface area contributed by atoms with Gasteiger partial charge in [-0.25, -0.2) is 4.79 Å². The second-order valence-electron chi connectivity index (χ2n) is 4.01. The molecule has 0 saturated carbocycles. The zero-order chi connectivity index (χ0) is 11.5. The number of carbonyl (C=O) groups is 1. The molecule has 1 saturated heterocycles. The lowest BCUT2D eigenvalue weighted by atomic mass is 10.2. The van der Waals surface area contributed by atoms with Crippen molar-refractivity contribution in [2.75, 3.05) is 26.7 Å². The summed E-state index contributed by atoms with van der Waals surface area (Å²) in [6.07, 6.45) is 0.872. The highest BCUT2D eigenvalue weighted by molar-refractivity contribution is 7.10. The van der Waals surface area contributed by atoms with E-state index < -0.39 is 0 Å². The summed E-state index contributed by atoms with van der Waals surface area (Å²) >= 11 is 1.71. The van der Waals surface area contributed by atoms with E-state index >= 15 is 0 Å². The Morgan fingerprint density at radius 3 is 3.06 bits per heavy atom. The fraction of sp³-hybridized carbons (Fsp3) is 0.545. The molecule has 0 spiro atoms. The Kier molecular flexibility index (Phi) is 3.46. The van der Waals surface area contributed by atoms with Gasteiger partial charge in [0.2, 0.25) is 0 Å². The molecule has 0 bridgehead atoms. The highest BCUT2D eigenvalue weighted by Crippen LogP contribution is 2.30. The number of nitrogens with zero attached hydrogens (tertiary/aromatic N) is 2. The van der Waals surface area contributed by atoms with Crippen molar-refractivity contribution in [3.8, 4) is 0 Å². The minimum atomic E-state index is 0.117. The van der Waals surface area contributed by atoms with Gasteiger partial charge in [-0.15, -0.1) is 11.3 Å². The van der Waals surface area contributed by atoms with Crippen LogP contribution in [-0.2, 0) is 0 Å². The second-order valence-corrected chi connectivity index (χ2v) is 4.99. The summed E-state index contributed by atoms with van der Waals surface area (Å²) in [5.74, 6) is 0. The number of amides is 2. The Morgan fingerprint density at radius 1 is 1.62 bits per heavy atom. The van der Waals surface area contributed by atoms with E-state index in [4.69, 9.17) is 5.73 Å².